The minimum absolute atomic E-state index is 0.00219. The summed E-state index contributed by atoms with van der Waals surface area (Å²) < 4.78 is 33.3. The molecule has 3 fully saturated rings. The highest BCUT2D eigenvalue weighted by Crippen LogP contribution is 2.38. The minimum Gasteiger partial charge on any atom is -0.378 e. The van der Waals surface area contributed by atoms with Gasteiger partial charge in [-0.2, -0.15) is 4.31 Å². The lowest BCUT2D eigenvalue weighted by Gasteiger charge is -2.33. The van der Waals surface area contributed by atoms with Crippen LogP contribution < -0.4 is 5.32 Å². The summed E-state index contributed by atoms with van der Waals surface area (Å²) in [4.78, 5) is 11.2. The van der Waals surface area contributed by atoms with Crippen LogP contribution in [0.2, 0.25) is 0 Å². The first-order valence-corrected chi connectivity index (χ1v) is 12.1. The zero-order valence-corrected chi connectivity index (χ0v) is 17.4. The maximum Gasteiger partial charge on any atom is 0.293 e. The first-order chi connectivity index (χ1) is 14.0. The smallest absolute Gasteiger partial charge is 0.293 e. The van der Waals surface area contributed by atoms with Crippen LogP contribution in [-0.2, 0) is 14.8 Å². The summed E-state index contributed by atoms with van der Waals surface area (Å²) in [5.74, 6) is 0.351. The van der Waals surface area contributed by atoms with Crippen molar-refractivity contribution >= 4 is 21.4 Å². The van der Waals surface area contributed by atoms with Gasteiger partial charge >= 0.3 is 0 Å². The summed E-state index contributed by atoms with van der Waals surface area (Å²) >= 11 is 0. The number of nitrogens with zero attached hydrogens (tertiary/aromatic N) is 2. The number of fused-ring (bicyclic) bond motifs is 1. The number of rotatable bonds is 5. The molecule has 8 nitrogen and oxygen atoms in total. The van der Waals surface area contributed by atoms with Crippen molar-refractivity contribution in [2.45, 2.75) is 68.4 Å². The third kappa shape index (κ3) is 4.27. The van der Waals surface area contributed by atoms with Gasteiger partial charge in [-0.25, -0.2) is 8.42 Å². The Kier molecular flexibility index (Phi) is 6.08. The quantitative estimate of drug-likeness (QED) is 0.574. The van der Waals surface area contributed by atoms with E-state index in [9.17, 15) is 18.5 Å². The van der Waals surface area contributed by atoms with Crippen molar-refractivity contribution in [3.8, 4) is 0 Å². The van der Waals surface area contributed by atoms with Crippen LogP contribution >= 0.6 is 0 Å². The summed E-state index contributed by atoms with van der Waals surface area (Å²) in [6, 6.07) is 4.39. The predicted octanol–water partition coefficient (Wildman–Crippen LogP) is 3.53. The van der Waals surface area contributed by atoms with Crippen LogP contribution in [0, 0.1) is 16.0 Å². The van der Waals surface area contributed by atoms with E-state index in [1.807, 2.05) is 0 Å². The highest BCUT2D eigenvalue weighted by molar-refractivity contribution is 7.89. The van der Waals surface area contributed by atoms with Crippen molar-refractivity contribution in [2.24, 2.45) is 5.92 Å². The SMILES string of the molecule is O=[N+]([O-])c1cc(S(=O)(=O)N2CCCCCC2)ccc1NC1CCCC2OCCC12. The molecule has 0 aromatic heterocycles. The van der Waals surface area contributed by atoms with Gasteiger partial charge in [-0.15, -0.1) is 0 Å². The predicted molar refractivity (Wildman–Crippen MR) is 109 cm³/mol. The van der Waals surface area contributed by atoms with Crippen molar-refractivity contribution in [1.29, 1.82) is 0 Å². The topological polar surface area (TPSA) is 102 Å². The molecule has 2 saturated heterocycles. The lowest BCUT2D eigenvalue weighted by Crippen LogP contribution is -2.38. The molecule has 1 saturated carbocycles. The molecule has 3 atom stereocenters. The van der Waals surface area contributed by atoms with E-state index in [-0.39, 0.29) is 22.7 Å². The van der Waals surface area contributed by atoms with Crippen molar-refractivity contribution in [1.82, 2.24) is 4.31 Å². The first-order valence-electron chi connectivity index (χ1n) is 10.6. The summed E-state index contributed by atoms with van der Waals surface area (Å²) in [7, 11) is -3.72. The van der Waals surface area contributed by atoms with Crippen molar-refractivity contribution < 1.29 is 18.1 Å². The molecular formula is C20H29N3O5S. The van der Waals surface area contributed by atoms with Gasteiger partial charge in [0.05, 0.1) is 15.9 Å². The van der Waals surface area contributed by atoms with Crippen LogP contribution in [0.1, 0.15) is 51.4 Å². The number of hydrogen-bond donors (Lipinski definition) is 1. The van der Waals surface area contributed by atoms with Crippen LogP contribution in [0.15, 0.2) is 23.1 Å². The van der Waals surface area contributed by atoms with E-state index >= 15 is 0 Å². The van der Waals surface area contributed by atoms with Gasteiger partial charge in [-0.1, -0.05) is 12.8 Å². The molecule has 4 rings (SSSR count). The molecule has 3 unspecified atom stereocenters. The van der Waals surface area contributed by atoms with E-state index in [1.54, 1.807) is 6.07 Å². The molecule has 2 aliphatic heterocycles. The van der Waals surface area contributed by atoms with Gasteiger partial charge in [0.15, 0.2) is 0 Å². The first kappa shape index (κ1) is 20.6. The normalized spacial score (nSPS) is 28.5. The molecule has 2 heterocycles. The Morgan fingerprint density at radius 1 is 1.07 bits per heavy atom. The van der Waals surface area contributed by atoms with E-state index in [1.165, 1.54) is 16.4 Å². The molecule has 0 bridgehead atoms. The molecule has 29 heavy (non-hydrogen) atoms. The van der Waals surface area contributed by atoms with Crippen LogP contribution in [0.5, 0.6) is 0 Å². The van der Waals surface area contributed by atoms with E-state index in [0.29, 0.717) is 24.7 Å². The number of nitro groups is 1. The van der Waals surface area contributed by atoms with Gasteiger partial charge in [0.1, 0.15) is 5.69 Å². The molecule has 0 amide bonds. The maximum atomic E-state index is 13.0. The Bertz CT molecular complexity index is 852. The fourth-order valence-electron chi connectivity index (χ4n) is 4.93. The summed E-state index contributed by atoms with van der Waals surface area (Å²) in [5.41, 5.74) is 0.212. The van der Waals surface area contributed by atoms with E-state index in [0.717, 1.165) is 58.0 Å². The second-order valence-corrected chi connectivity index (χ2v) is 10.2. The van der Waals surface area contributed by atoms with E-state index in [2.05, 4.69) is 5.32 Å². The van der Waals surface area contributed by atoms with Gasteiger partial charge < -0.3 is 10.1 Å². The average molecular weight is 424 g/mol. The second kappa shape index (κ2) is 8.57. The summed E-state index contributed by atoms with van der Waals surface area (Å²) in [5, 5.41) is 15.1. The summed E-state index contributed by atoms with van der Waals surface area (Å²) in [6.07, 6.45) is 7.87. The Morgan fingerprint density at radius 3 is 2.55 bits per heavy atom. The molecule has 0 radical (unpaired) electrons. The maximum absolute atomic E-state index is 13.0. The Labute approximate surface area is 171 Å². The summed E-state index contributed by atoms with van der Waals surface area (Å²) in [6.45, 7) is 1.69. The number of nitro benzene ring substituents is 1. The van der Waals surface area contributed by atoms with Gasteiger partial charge in [0.25, 0.3) is 5.69 Å². The number of sulfonamides is 1. The standard InChI is InChI=1S/C20H29N3O5S/c24-23(25)19-14-15(29(26,27)22-11-3-1-2-4-12-22)8-9-18(19)21-17-6-5-7-20-16(17)10-13-28-20/h8-9,14,16-17,20-21H,1-7,10-13H2. The van der Waals surface area contributed by atoms with Crippen molar-refractivity contribution in [3.05, 3.63) is 28.3 Å². The van der Waals surface area contributed by atoms with Crippen LogP contribution in [0.3, 0.4) is 0 Å². The van der Waals surface area contributed by atoms with Gasteiger partial charge in [0, 0.05) is 37.7 Å². The largest absolute Gasteiger partial charge is 0.378 e. The molecule has 3 aliphatic rings. The molecular weight excluding hydrogens is 394 g/mol. The third-order valence-corrected chi connectivity index (χ3v) is 8.39. The lowest BCUT2D eigenvalue weighted by atomic mass is 9.81. The highest BCUT2D eigenvalue weighted by Gasteiger charge is 2.38. The molecule has 0 spiro atoms. The zero-order valence-electron chi connectivity index (χ0n) is 16.6. The van der Waals surface area contributed by atoms with Gasteiger partial charge in [-0.05, 0) is 50.7 Å². The molecule has 1 aliphatic carbocycles. The molecule has 1 aromatic rings. The van der Waals surface area contributed by atoms with Crippen LogP contribution in [0.25, 0.3) is 0 Å². The second-order valence-electron chi connectivity index (χ2n) is 8.30. The number of anilines is 1. The highest BCUT2D eigenvalue weighted by atomic mass is 32.2. The van der Waals surface area contributed by atoms with E-state index < -0.39 is 14.9 Å². The van der Waals surface area contributed by atoms with Gasteiger partial charge in [-0.3, -0.25) is 10.1 Å². The minimum atomic E-state index is -3.72. The monoisotopic (exact) mass is 423 g/mol. The molecule has 160 valence electrons. The average Bonchev–Trinajstić information content (AvgIpc) is 3.02. The van der Waals surface area contributed by atoms with Crippen LogP contribution in [-0.4, -0.2) is 49.5 Å². The Balaban J connectivity index is 1.59. The lowest BCUT2D eigenvalue weighted by molar-refractivity contribution is -0.384. The number of nitrogens with one attached hydrogen (secondary N) is 1. The zero-order chi connectivity index (χ0) is 20.4. The fraction of sp³-hybridized carbons (Fsp3) is 0.700. The Hall–Kier alpha value is -1.71. The number of ether oxygens (including phenoxy) is 1. The fourth-order valence-corrected chi connectivity index (χ4v) is 6.47. The van der Waals surface area contributed by atoms with E-state index in [4.69, 9.17) is 4.74 Å². The molecule has 1 N–H and O–H groups in total. The number of benzene rings is 1. The van der Waals surface area contributed by atoms with Crippen LogP contribution in [0.4, 0.5) is 11.4 Å². The van der Waals surface area contributed by atoms with Crippen molar-refractivity contribution in [3.63, 3.8) is 0 Å². The Morgan fingerprint density at radius 2 is 1.83 bits per heavy atom. The van der Waals surface area contributed by atoms with Gasteiger partial charge in [0.2, 0.25) is 10.0 Å². The number of hydrogen-bond acceptors (Lipinski definition) is 6. The third-order valence-electron chi connectivity index (χ3n) is 6.49. The molecule has 9 heteroatoms. The molecule has 1 aromatic carbocycles. The van der Waals surface area contributed by atoms with Crippen molar-refractivity contribution in [2.75, 3.05) is 25.0 Å².